The van der Waals surface area contributed by atoms with Gasteiger partial charge in [0.15, 0.2) is 6.61 Å². The van der Waals surface area contributed by atoms with E-state index in [-0.39, 0.29) is 29.1 Å². The molecule has 0 amide bonds. The minimum atomic E-state index is -0.864. The van der Waals surface area contributed by atoms with E-state index < -0.39 is 29.3 Å². The summed E-state index contributed by atoms with van der Waals surface area (Å²) in [6, 6.07) is 4.06. The van der Waals surface area contributed by atoms with E-state index in [0.29, 0.717) is 43.2 Å². The zero-order chi connectivity index (χ0) is 24.1. The van der Waals surface area contributed by atoms with E-state index in [1.807, 2.05) is 4.90 Å². The third-order valence-corrected chi connectivity index (χ3v) is 5.29. The molecule has 11 nitrogen and oxygen atoms in total. The summed E-state index contributed by atoms with van der Waals surface area (Å²) in [6.45, 7) is 6.42. The number of aryl methyl sites for hydroxylation is 1. The summed E-state index contributed by atoms with van der Waals surface area (Å²) in [7, 11) is 0. The van der Waals surface area contributed by atoms with E-state index in [1.54, 1.807) is 20.8 Å². The number of nitro benzene ring substituents is 1. The molecule has 0 bridgehead atoms. The maximum atomic E-state index is 12.7. The second-order valence-corrected chi connectivity index (χ2v) is 7.40. The fourth-order valence-electron chi connectivity index (χ4n) is 3.73. The van der Waals surface area contributed by atoms with Crippen molar-refractivity contribution < 1.29 is 33.5 Å². The summed E-state index contributed by atoms with van der Waals surface area (Å²) in [4.78, 5) is 52.9. The molecule has 3 rings (SSSR count). The lowest BCUT2D eigenvalue weighted by Crippen LogP contribution is -2.36. The highest BCUT2D eigenvalue weighted by atomic mass is 16.6. The number of benzene rings is 1. The van der Waals surface area contributed by atoms with Crippen molar-refractivity contribution in [3.63, 3.8) is 0 Å². The van der Waals surface area contributed by atoms with Crippen LogP contribution in [0.25, 0.3) is 0 Å². The quantitative estimate of drug-likeness (QED) is 0.273. The highest BCUT2D eigenvalue weighted by Gasteiger charge is 2.26. The molecule has 1 N–H and O–H groups in total. The second kappa shape index (κ2) is 10.3. The van der Waals surface area contributed by atoms with Crippen LogP contribution in [-0.2, 0) is 14.2 Å². The number of Topliss-reactive ketones (excluding diaryl/α,β-unsaturated/α-hetero) is 1. The number of H-pyrrole nitrogens is 1. The number of hydrogen-bond acceptors (Lipinski definition) is 9. The number of aromatic nitrogens is 1. The van der Waals surface area contributed by atoms with Crippen molar-refractivity contribution in [2.45, 2.75) is 20.8 Å². The molecule has 1 aliphatic rings. The largest absolute Gasteiger partial charge is 0.461 e. The molecule has 2 aromatic rings. The number of nitro groups is 1. The molecular formula is C22H25N3O8. The third-order valence-electron chi connectivity index (χ3n) is 5.29. The van der Waals surface area contributed by atoms with Gasteiger partial charge < -0.3 is 24.1 Å². The summed E-state index contributed by atoms with van der Waals surface area (Å²) in [5.41, 5.74) is 1.37. The zero-order valence-corrected chi connectivity index (χ0v) is 18.6. The first-order chi connectivity index (χ1) is 15.7. The van der Waals surface area contributed by atoms with E-state index in [2.05, 4.69) is 4.98 Å². The monoisotopic (exact) mass is 459 g/mol. The van der Waals surface area contributed by atoms with E-state index in [9.17, 15) is 24.5 Å². The third kappa shape index (κ3) is 5.20. The lowest BCUT2D eigenvalue weighted by Gasteiger charge is -2.28. The first-order valence-corrected chi connectivity index (χ1v) is 10.4. The smallest absolute Gasteiger partial charge is 0.355 e. The molecule has 0 atom stereocenters. The Hall–Kier alpha value is -3.73. The summed E-state index contributed by atoms with van der Waals surface area (Å²) >= 11 is 0. The van der Waals surface area contributed by atoms with Crippen molar-refractivity contribution in [1.82, 2.24) is 4.98 Å². The van der Waals surface area contributed by atoms with Crippen LogP contribution in [0.3, 0.4) is 0 Å². The number of nitrogens with one attached hydrogen (secondary N) is 1. The number of ether oxygens (including phenoxy) is 3. The number of carbonyl (C=O) groups excluding carboxylic acids is 3. The SMILES string of the molecule is CCOC(=O)c1[nH]c(C)c(C(=O)COC(=O)c2ccc(N3CCOCC3)c([N+](=O)[O-])c2)c1C. The van der Waals surface area contributed by atoms with Crippen molar-refractivity contribution in [1.29, 1.82) is 0 Å². The van der Waals surface area contributed by atoms with Gasteiger partial charge in [-0.05, 0) is 38.5 Å². The van der Waals surface area contributed by atoms with Crippen molar-refractivity contribution >= 4 is 29.1 Å². The molecule has 0 spiro atoms. The van der Waals surface area contributed by atoms with Crippen LogP contribution in [0.5, 0.6) is 0 Å². The number of morpholine rings is 1. The van der Waals surface area contributed by atoms with Gasteiger partial charge in [0.1, 0.15) is 11.4 Å². The Labute approximate surface area is 189 Å². The number of anilines is 1. The number of carbonyl (C=O) groups is 3. The molecule has 1 aromatic carbocycles. The number of ketones is 1. The number of hydrogen-bond donors (Lipinski definition) is 1. The van der Waals surface area contributed by atoms with Crippen LogP contribution in [0.1, 0.15) is 49.4 Å². The predicted molar refractivity (Wildman–Crippen MR) is 117 cm³/mol. The summed E-state index contributed by atoms with van der Waals surface area (Å²) in [5, 5.41) is 11.6. The van der Waals surface area contributed by atoms with E-state index in [0.717, 1.165) is 6.07 Å². The molecule has 11 heteroatoms. The molecule has 1 fully saturated rings. The topological polar surface area (TPSA) is 141 Å². The summed E-state index contributed by atoms with van der Waals surface area (Å²) in [5.74, 6) is -1.96. The number of rotatable bonds is 8. The van der Waals surface area contributed by atoms with E-state index >= 15 is 0 Å². The molecule has 1 saturated heterocycles. The predicted octanol–water partition coefficient (Wildman–Crippen LogP) is 2.59. The van der Waals surface area contributed by atoms with Gasteiger partial charge in [-0.2, -0.15) is 0 Å². The van der Waals surface area contributed by atoms with Gasteiger partial charge in [0.25, 0.3) is 5.69 Å². The van der Waals surface area contributed by atoms with Gasteiger partial charge in [-0.1, -0.05) is 0 Å². The van der Waals surface area contributed by atoms with Crippen LogP contribution in [0.2, 0.25) is 0 Å². The maximum Gasteiger partial charge on any atom is 0.355 e. The Morgan fingerprint density at radius 1 is 1.15 bits per heavy atom. The van der Waals surface area contributed by atoms with Gasteiger partial charge in [0.05, 0.1) is 30.3 Å². The Kier molecular flexibility index (Phi) is 7.44. The van der Waals surface area contributed by atoms with Crippen LogP contribution in [0.4, 0.5) is 11.4 Å². The highest BCUT2D eigenvalue weighted by Crippen LogP contribution is 2.30. The van der Waals surface area contributed by atoms with Crippen molar-refractivity contribution in [2.75, 3.05) is 44.4 Å². The fourth-order valence-corrected chi connectivity index (χ4v) is 3.73. The Bertz CT molecular complexity index is 1090. The molecule has 1 aliphatic heterocycles. The Morgan fingerprint density at radius 2 is 1.85 bits per heavy atom. The Balaban J connectivity index is 1.73. The van der Waals surface area contributed by atoms with Crippen LogP contribution in [0.15, 0.2) is 18.2 Å². The molecular weight excluding hydrogens is 434 g/mol. The lowest BCUT2D eigenvalue weighted by atomic mass is 10.1. The van der Waals surface area contributed by atoms with Crippen molar-refractivity contribution in [3.05, 3.63) is 56.4 Å². The zero-order valence-electron chi connectivity index (χ0n) is 18.6. The first-order valence-electron chi connectivity index (χ1n) is 10.4. The molecule has 33 heavy (non-hydrogen) atoms. The Morgan fingerprint density at radius 3 is 2.48 bits per heavy atom. The van der Waals surface area contributed by atoms with Gasteiger partial charge in [-0.3, -0.25) is 14.9 Å². The molecule has 0 radical (unpaired) electrons. The average Bonchev–Trinajstić information content (AvgIpc) is 3.11. The maximum absolute atomic E-state index is 12.7. The van der Waals surface area contributed by atoms with Crippen LogP contribution in [0, 0.1) is 24.0 Å². The minimum absolute atomic E-state index is 0.0405. The van der Waals surface area contributed by atoms with Gasteiger partial charge in [-0.15, -0.1) is 0 Å². The second-order valence-electron chi connectivity index (χ2n) is 7.40. The first kappa shape index (κ1) is 23.9. The van der Waals surface area contributed by atoms with Crippen molar-refractivity contribution in [3.8, 4) is 0 Å². The normalized spacial score (nSPS) is 13.5. The number of aromatic amines is 1. The van der Waals surface area contributed by atoms with Crippen LogP contribution >= 0.6 is 0 Å². The molecule has 1 aromatic heterocycles. The minimum Gasteiger partial charge on any atom is -0.461 e. The standard InChI is InChI=1S/C22H25N3O8/c1-4-32-22(28)20-13(2)19(14(3)23-20)18(26)12-33-21(27)15-5-6-16(17(11-15)25(29)30)24-7-9-31-10-8-24/h5-6,11,23H,4,7-10,12H2,1-3H3. The van der Waals surface area contributed by atoms with Gasteiger partial charge >= 0.3 is 11.9 Å². The summed E-state index contributed by atoms with van der Waals surface area (Å²) < 4.78 is 15.4. The van der Waals surface area contributed by atoms with Gasteiger partial charge in [0, 0.05) is 30.4 Å². The number of esters is 2. The lowest BCUT2D eigenvalue weighted by molar-refractivity contribution is -0.384. The number of nitrogens with zero attached hydrogens (tertiary/aromatic N) is 2. The molecule has 0 aliphatic carbocycles. The summed E-state index contributed by atoms with van der Waals surface area (Å²) in [6.07, 6.45) is 0. The van der Waals surface area contributed by atoms with Gasteiger partial charge in [-0.25, -0.2) is 9.59 Å². The highest BCUT2D eigenvalue weighted by molar-refractivity contribution is 6.04. The molecule has 2 heterocycles. The average molecular weight is 459 g/mol. The molecule has 0 unspecified atom stereocenters. The van der Waals surface area contributed by atoms with Gasteiger partial charge in [0.2, 0.25) is 5.78 Å². The van der Waals surface area contributed by atoms with Crippen LogP contribution < -0.4 is 4.90 Å². The fraction of sp³-hybridized carbons (Fsp3) is 0.409. The molecule has 0 saturated carbocycles. The van der Waals surface area contributed by atoms with E-state index in [4.69, 9.17) is 14.2 Å². The van der Waals surface area contributed by atoms with Crippen LogP contribution in [-0.4, -0.2) is 67.1 Å². The van der Waals surface area contributed by atoms with E-state index in [1.165, 1.54) is 12.1 Å². The molecule has 176 valence electrons. The van der Waals surface area contributed by atoms with Crippen molar-refractivity contribution in [2.24, 2.45) is 0 Å².